The summed E-state index contributed by atoms with van der Waals surface area (Å²) in [5.74, 6) is 0. The van der Waals surface area contributed by atoms with Crippen LogP contribution < -0.4 is 5.32 Å². The first-order chi connectivity index (χ1) is 8.77. The van der Waals surface area contributed by atoms with Crippen LogP contribution >= 0.6 is 27.5 Å². The summed E-state index contributed by atoms with van der Waals surface area (Å²) in [4.78, 5) is 4.03. The van der Waals surface area contributed by atoms with Crippen LogP contribution in [-0.2, 0) is 10.0 Å². The van der Waals surface area contributed by atoms with E-state index in [-0.39, 0.29) is 12.1 Å². The molecule has 0 unspecified atom stereocenters. The average molecular weight is 369 g/mol. The van der Waals surface area contributed by atoms with E-state index >= 15 is 0 Å². The minimum atomic E-state index is -3.27. The molecule has 0 aromatic carbocycles. The molecule has 2 rings (SSSR count). The summed E-state index contributed by atoms with van der Waals surface area (Å²) in [5.41, 5.74) is 0.830. The average Bonchev–Trinajstić information content (AvgIpc) is 2.26. The van der Waals surface area contributed by atoms with E-state index in [1.165, 1.54) is 10.6 Å². The summed E-state index contributed by atoms with van der Waals surface area (Å²) in [6.45, 7) is 2.96. The lowest BCUT2D eigenvalue weighted by molar-refractivity contribution is 0.235. The lowest BCUT2D eigenvalue weighted by Crippen LogP contribution is -2.52. The monoisotopic (exact) mass is 367 g/mol. The van der Waals surface area contributed by atoms with Gasteiger partial charge in [0.25, 0.3) is 0 Å². The van der Waals surface area contributed by atoms with Gasteiger partial charge in [0.15, 0.2) is 0 Å². The standard InChI is InChI=1S/C11H15BrClN3O2S/c1-7-6-16(19(2,17)18)9(5-14-7)8-3-10(12)15-11(13)4-8/h3-4,7,9,14H,5-6H2,1-2H3/t7-,9-/m0/s1. The van der Waals surface area contributed by atoms with E-state index in [2.05, 4.69) is 26.2 Å². The van der Waals surface area contributed by atoms with Gasteiger partial charge in [-0.3, -0.25) is 0 Å². The lowest BCUT2D eigenvalue weighted by Gasteiger charge is -2.37. The number of halogens is 2. The molecule has 5 nitrogen and oxygen atoms in total. The number of piperazine rings is 1. The largest absolute Gasteiger partial charge is 0.311 e. The Morgan fingerprint density at radius 1 is 1.53 bits per heavy atom. The maximum atomic E-state index is 11.9. The number of sulfonamides is 1. The normalized spacial score (nSPS) is 25.5. The predicted octanol–water partition coefficient (Wildman–Crippen LogP) is 1.79. The molecule has 0 spiro atoms. The van der Waals surface area contributed by atoms with Crippen LogP contribution in [0.1, 0.15) is 18.5 Å². The third-order valence-electron chi connectivity index (χ3n) is 3.06. The van der Waals surface area contributed by atoms with Gasteiger partial charge in [0.1, 0.15) is 9.76 Å². The molecule has 106 valence electrons. The molecule has 8 heteroatoms. The van der Waals surface area contributed by atoms with E-state index in [9.17, 15) is 8.42 Å². The van der Waals surface area contributed by atoms with Crippen LogP contribution in [0.4, 0.5) is 0 Å². The van der Waals surface area contributed by atoms with Crippen molar-refractivity contribution in [1.29, 1.82) is 0 Å². The van der Waals surface area contributed by atoms with Crippen LogP contribution in [0, 0.1) is 0 Å². The Labute approximate surface area is 126 Å². The van der Waals surface area contributed by atoms with Gasteiger partial charge in [0, 0.05) is 19.1 Å². The van der Waals surface area contributed by atoms with Crippen molar-refractivity contribution in [3.05, 3.63) is 27.5 Å². The smallest absolute Gasteiger partial charge is 0.211 e. The number of pyridine rings is 1. The molecule has 1 aliphatic rings. The van der Waals surface area contributed by atoms with E-state index in [1.807, 2.05) is 6.92 Å². The van der Waals surface area contributed by atoms with Crippen LogP contribution in [0.3, 0.4) is 0 Å². The van der Waals surface area contributed by atoms with E-state index in [0.29, 0.717) is 22.8 Å². The second kappa shape index (κ2) is 5.65. The minimum Gasteiger partial charge on any atom is -0.311 e. The molecule has 1 aromatic heterocycles. The maximum Gasteiger partial charge on any atom is 0.211 e. The summed E-state index contributed by atoms with van der Waals surface area (Å²) in [6.07, 6.45) is 1.23. The molecular formula is C11H15BrClN3O2S. The molecule has 2 heterocycles. The van der Waals surface area contributed by atoms with Gasteiger partial charge in [-0.15, -0.1) is 0 Å². The molecule has 0 saturated carbocycles. The Morgan fingerprint density at radius 3 is 2.79 bits per heavy atom. The Hall–Kier alpha value is -0.210. The highest BCUT2D eigenvalue weighted by molar-refractivity contribution is 9.10. The van der Waals surface area contributed by atoms with Crippen LogP contribution in [0.5, 0.6) is 0 Å². The van der Waals surface area contributed by atoms with Gasteiger partial charge >= 0.3 is 0 Å². The van der Waals surface area contributed by atoms with Gasteiger partial charge < -0.3 is 5.32 Å². The molecule has 0 aliphatic carbocycles. The molecule has 1 saturated heterocycles. The lowest BCUT2D eigenvalue weighted by atomic mass is 10.1. The number of nitrogens with zero attached hydrogens (tertiary/aromatic N) is 2. The number of hydrogen-bond acceptors (Lipinski definition) is 4. The van der Waals surface area contributed by atoms with Crippen LogP contribution in [-0.4, -0.2) is 43.1 Å². The van der Waals surface area contributed by atoms with E-state index in [1.54, 1.807) is 12.1 Å². The SMILES string of the molecule is C[C@H]1CN(S(C)(=O)=O)[C@H](c2cc(Cl)nc(Br)c2)CN1. The topological polar surface area (TPSA) is 62.3 Å². The third-order valence-corrected chi connectivity index (χ3v) is 4.91. The summed E-state index contributed by atoms with van der Waals surface area (Å²) in [5, 5.41) is 3.63. The van der Waals surface area contributed by atoms with Gasteiger partial charge in [-0.05, 0) is 40.5 Å². The second-order valence-corrected chi connectivity index (χ2v) is 7.84. The zero-order valence-corrected chi connectivity index (χ0v) is 13.8. The van der Waals surface area contributed by atoms with E-state index < -0.39 is 10.0 Å². The first-order valence-corrected chi connectivity index (χ1v) is 8.82. The highest BCUT2D eigenvalue weighted by Gasteiger charge is 2.33. The van der Waals surface area contributed by atoms with Crippen molar-refractivity contribution in [3.63, 3.8) is 0 Å². The highest BCUT2D eigenvalue weighted by atomic mass is 79.9. The van der Waals surface area contributed by atoms with Crippen LogP contribution in [0.2, 0.25) is 5.15 Å². The molecule has 0 amide bonds. The third kappa shape index (κ3) is 3.66. The Balaban J connectivity index is 2.40. The molecule has 1 fully saturated rings. The molecule has 19 heavy (non-hydrogen) atoms. The van der Waals surface area contributed by atoms with Crippen molar-refractivity contribution in [2.45, 2.75) is 19.0 Å². The molecular weight excluding hydrogens is 354 g/mol. The van der Waals surface area contributed by atoms with Crippen molar-refractivity contribution in [3.8, 4) is 0 Å². The maximum absolute atomic E-state index is 11.9. The summed E-state index contributed by atoms with van der Waals surface area (Å²) >= 11 is 9.21. The Kier molecular flexibility index (Phi) is 4.52. The second-order valence-electron chi connectivity index (χ2n) is 4.70. The number of hydrogen-bond donors (Lipinski definition) is 1. The number of aromatic nitrogens is 1. The fourth-order valence-corrected chi connectivity index (χ4v) is 4.13. The van der Waals surface area contributed by atoms with Gasteiger partial charge in [0.05, 0.1) is 12.3 Å². The minimum absolute atomic E-state index is 0.131. The van der Waals surface area contributed by atoms with Crippen LogP contribution in [0.15, 0.2) is 16.7 Å². The quantitative estimate of drug-likeness (QED) is 0.809. The van der Waals surface area contributed by atoms with Gasteiger partial charge in [-0.25, -0.2) is 13.4 Å². The Morgan fingerprint density at radius 2 is 2.21 bits per heavy atom. The summed E-state index contributed by atoms with van der Waals surface area (Å²) < 4.78 is 26.0. The first kappa shape index (κ1) is 15.2. The van der Waals surface area contributed by atoms with Gasteiger partial charge in [-0.2, -0.15) is 4.31 Å². The van der Waals surface area contributed by atoms with Crippen LogP contribution in [0.25, 0.3) is 0 Å². The van der Waals surface area contributed by atoms with Crippen molar-refractivity contribution in [2.75, 3.05) is 19.3 Å². The Bertz CT molecular complexity index is 561. The predicted molar refractivity (Wildman–Crippen MR) is 78.7 cm³/mol. The van der Waals surface area contributed by atoms with Crippen molar-refractivity contribution < 1.29 is 8.42 Å². The number of rotatable bonds is 2. The molecule has 1 N–H and O–H groups in total. The first-order valence-electron chi connectivity index (χ1n) is 5.80. The molecule has 1 aromatic rings. The zero-order chi connectivity index (χ0) is 14.2. The van der Waals surface area contributed by atoms with E-state index in [4.69, 9.17) is 11.6 Å². The fourth-order valence-electron chi connectivity index (χ4n) is 2.20. The van der Waals surface area contributed by atoms with Crippen molar-refractivity contribution in [1.82, 2.24) is 14.6 Å². The van der Waals surface area contributed by atoms with Crippen molar-refractivity contribution in [2.24, 2.45) is 0 Å². The molecule has 0 bridgehead atoms. The van der Waals surface area contributed by atoms with E-state index in [0.717, 1.165) is 5.56 Å². The molecule has 0 radical (unpaired) electrons. The summed E-state index contributed by atoms with van der Waals surface area (Å²) in [6, 6.07) is 3.37. The molecule has 2 atom stereocenters. The highest BCUT2D eigenvalue weighted by Crippen LogP contribution is 2.29. The summed E-state index contributed by atoms with van der Waals surface area (Å²) in [7, 11) is -3.27. The van der Waals surface area contributed by atoms with Gasteiger partial charge in [0.2, 0.25) is 10.0 Å². The van der Waals surface area contributed by atoms with Crippen molar-refractivity contribution >= 4 is 37.6 Å². The molecule has 1 aliphatic heterocycles. The zero-order valence-electron chi connectivity index (χ0n) is 10.6. The fraction of sp³-hybridized carbons (Fsp3) is 0.545. The number of nitrogens with one attached hydrogen (secondary N) is 1. The van der Waals surface area contributed by atoms with Gasteiger partial charge in [-0.1, -0.05) is 11.6 Å².